The highest BCUT2D eigenvalue weighted by Gasteiger charge is 2.27. The molecule has 1 atom stereocenters. The summed E-state index contributed by atoms with van der Waals surface area (Å²) in [6.45, 7) is 7.29. The molecule has 0 bridgehead atoms. The molecule has 0 aromatic heterocycles. The van der Waals surface area contributed by atoms with Crippen LogP contribution in [0.5, 0.6) is 11.5 Å². The molecule has 1 aliphatic heterocycles. The molecule has 2 N–H and O–H groups in total. The Balaban J connectivity index is 2.14. The summed E-state index contributed by atoms with van der Waals surface area (Å²) in [6.07, 6.45) is 0. The molecule has 1 unspecified atom stereocenters. The minimum Gasteiger partial charge on any atom is -0.508 e. The van der Waals surface area contributed by atoms with Crippen molar-refractivity contribution in [1.29, 1.82) is 0 Å². The smallest absolute Gasteiger partial charge is 0.257 e. The summed E-state index contributed by atoms with van der Waals surface area (Å²) in [4.78, 5) is 16.4. The Labute approximate surface area is 113 Å². The number of rotatable bonds is 2. The van der Waals surface area contributed by atoms with Crippen molar-refractivity contribution in [3.05, 3.63) is 23.8 Å². The van der Waals surface area contributed by atoms with E-state index in [-0.39, 0.29) is 23.0 Å². The van der Waals surface area contributed by atoms with Crippen LogP contribution < -0.4 is 0 Å². The molecule has 1 amide bonds. The minimum atomic E-state index is -0.226. The number of nitrogens with zero attached hydrogens (tertiary/aromatic N) is 2. The first-order valence-corrected chi connectivity index (χ1v) is 6.58. The van der Waals surface area contributed by atoms with Gasteiger partial charge in [0.1, 0.15) is 11.5 Å². The van der Waals surface area contributed by atoms with E-state index in [1.54, 1.807) is 4.90 Å². The van der Waals surface area contributed by atoms with E-state index < -0.39 is 0 Å². The molecule has 1 heterocycles. The molecular weight excluding hydrogens is 244 g/mol. The maximum Gasteiger partial charge on any atom is 0.257 e. The van der Waals surface area contributed by atoms with E-state index in [2.05, 4.69) is 18.7 Å². The summed E-state index contributed by atoms with van der Waals surface area (Å²) >= 11 is 0. The number of carbonyl (C=O) groups is 1. The quantitative estimate of drug-likeness (QED) is 0.789. The van der Waals surface area contributed by atoms with Gasteiger partial charge in [-0.15, -0.1) is 0 Å². The van der Waals surface area contributed by atoms with Crippen LogP contribution in [-0.4, -0.2) is 58.1 Å². The fourth-order valence-electron chi connectivity index (χ4n) is 2.52. The van der Waals surface area contributed by atoms with Gasteiger partial charge in [0.05, 0.1) is 5.56 Å². The number of piperazine rings is 1. The van der Waals surface area contributed by atoms with Gasteiger partial charge in [0.15, 0.2) is 0 Å². The predicted octanol–water partition coefficient (Wildman–Crippen LogP) is 1.26. The number of aromatic hydroxyl groups is 2. The van der Waals surface area contributed by atoms with E-state index in [1.165, 1.54) is 18.2 Å². The number of carbonyl (C=O) groups excluding carboxylic acids is 1. The third kappa shape index (κ3) is 2.81. The number of benzene rings is 1. The van der Waals surface area contributed by atoms with Crippen molar-refractivity contribution in [2.75, 3.05) is 26.2 Å². The number of phenolic OH excluding ortho intramolecular Hbond substituents is 2. The fourth-order valence-corrected chi connectivity index (χ4v) is 2.52. The number of hydrogen-bond donors (Lipinski definition) is 2. The van der Waals surface area contributed by atoms with Gasteiger partial charge in [-0.3, -0.25) is 9.69 Å². The Morgan fingerprint density at radius 3 is 2.74 bits per heavy atom. The zero-order chi connectivity index (χ0) is 14.0. The van der Waals surface area contributed by atoms with Crippen LogP contribution in [-0.2, 0) is 0 Å². The van der Waals surface area contributed by atoms with Crippen molar-refractivity contribution < 1.29 is 15.0 Å². The third-order valence-electron chi connectivity index (χ3n) is 3.67. The third-order valence-corrected chi connectivity index (χ3v) is 3.67. The van der Waals surface area contributed by atoms with Crippen molar-refractivity contribution >= 4 is 5.91 Å². The number of likely N-dealkylation sites (N-methyl/N-ethyl adjacent to an activating group) is 1. The van der Waals surface area contributed by atoms with Crippen molar-refractivity contribution in [3.63, 3.8) is 0 Å². The van der Waals surface area contributed by atoms with Crippen LogP contribution in [0.4, 0.5) is 0 Å². The minimum absolute atomic E-state index is 0.0126. The Morgan fingerprint density at radius 1 is 1.37 bits per heavy atom. The predicted molar refractivity (Wildman–Crippen MR) is 72.4 cm³/mol. The monoisotopic (exact) mass is 264 g/mol. The van der Waals surface area contributed by atoms with Crippen LogP contribution in [0.1, 0.15) is 24.2 Å². The summed E-state index contributed by atoms with van der Waals surface area (Å²) in [5.41, 5.74) is 0.164. The summed E-state index contributed by atoms with van der Waals surface area (Å²) in [5, 5.41) is 19.2. The molecule has 1 aromatic rings. The van der Waals surface area contributed by atoms with Gasteiger partial charge in [-0.1, -0.05) is 6.92 Å². The van der Waals surface area contributed by atoms with E-state index in [0.717, 1.165) is 13.1 Å². The molecule has 1 fully saturated rings. The van der Waals surface area contributed by atoms with Crippen molar-refractivity contribution in [2.45, 2.75) is 19.9 Å². The Kier molecular flexibility index (Phi) is 3.95. The van der Waals surface area contributed by atoms with Gasteiger partial charge in [0, 0.05) is 25.7 Å². The Morgan fingerprint density at radius 2 is 2.11 bits per heavy atom. The van der Waals surface area contributed by atoms with E-state index >= 15 is 0 Å². The SMILES string of the molecule is CCN1CCN(C(=O)c2cc(O)ccc2O)CC1C. The summed E-state index contributed by atoms with van der Waals surface area (Å²) in [5.74, 6) is -0.328. The van der Waals surface area contributed by atoms with Gasteiger partial charge in [-0.2, -0.15) is 0 Å². The zero-order valence-electron chi connectivity index (χ0n) is 11.3. The van der Waals surface area contributed by atoms with Crippen LogP contribution in [0.15, 0.2) is 18.2 Å². The van der Waals surface area contributed by atoms with Gasteiger partial charge in [-0.05, 0) is 31.7 Å². The van der Waals surface area contributed by atoms with E-state index in [4.69, 9.17) is 0 Å². The van der Waals surface area contributed by atoms with Crippen LogP contribution in [0.3, 0.4) is 0 Å². The molecule has 1 aromatic carbocycles. The van der Waals surface area contributed by atoms with Gasteiger partial charge in [-0.25, -0.2) is 0 Å². The molecule has 2 rings (SSSR count). The first-order valence-electron chi connectivity index (χ1n) is 6.58. The molecule has 1 saturated heterocycles. The highest BCUT2D eigenvalue weighted by Crippen LogP contribution is 2.24. The van der Waals surface area contributed by atoms with Crippen LogP contribution in [0.2, 0.25) is 0 Å². The lowest BCUT2D eigenvalue weighted by atomic mass is 10.1. The second kappa shape index (κ2) is 5.48. The zero-order valence-corrected chi connectivity index (χ0v) is 11.3. The maximum atomic E-state index is 12.3. The molecule has 5 nitrogen and oxygen atoms in total. The van der Waals surface area contributed by atoms with Gasteiger partial charge >= 0.3 is 0 Å². The van der Waals surface area contributed by atoms with Crippen molar-refractivity contribution in [2.24, 2.45) is 0 Å². The van der Waals surface area contributed by atoms with Crippen LogP contribution in [0, 0.1) is 0 Å². The molecule has 1 aliphatic rings. The average Bonchev–Trinajstić information content (AvgIpc) is 2.40. The first-order chi connectivity index (χ1) is 9.02. The molecule has 5 heteroatoms. The highest BCUT2D eigenvalue weighted by molar-refractivity contribution is 5.97. The number of hydrogen-bond acceptors (Lipinski definition) is 4. The van der Waals surface area contributed by atoms with Gasteiger partial charge < -0.3 is 15.1 Å². The van der Waals surface area contributed by atoms with Crippen LogP contribution >= 0.6 is 0 Å². The number of phenols is 2. The normalized spacial score (nSPS) is 20.5. The lowest BCUT2D eigenvalue weighted by Crippen LogP contribution is -2.53. The Bertz CT molecular complexity index is 476. The molecule has 0 spiro atoms. The summed E-state index contributed by atoms with van der Waals surface area (Å²) < 4.78 is 0. The second-order valence-electron chi connectivity index (χ2n) is 4.93. The molecule has 19 heavy (non-hydrogen) atoms. The van der Waals surface area contributed by atoms with Crippen molar-refractivity contribution in [1.82, 2.24) is 9.80 Å². The molecular formula is C14H20N2O3. The van der Waals surface area contributed by atoms with E-state index in [9.17, 15) is 15.0 Å². The van der Waals surface area contributed by atoms with E-state index in [0.29, 0.717) is 19.1 Å². The fraction of sp³-hybridized carbons (Fsp3) is 0.500. The largest absolute Gasteiger partial charge is 0.508 e. The summed E-state index contributed by atoms with van der Waals surface area (Å²) in [6, 6.07) is 4.33. The molecule has 0 aliphatic carbocycles. The maximum absolute atomic E-state index is 12.3. The van der Waals surface area contributed by atoms with Gasteiger partial charge in [0.2, 0.25) is 0 Å². The summed E-state index contributed by atoms with van der Waals surface area (Å²) in [7, 11) is 0. The van der Waals surface area contributed by atoms with E-state index in [1.807, 2.05) is 0 Å². The lowest BCUT2D eigenvalue weighted by Gasteiger charge is -2.39. The molecule has 0 radical (unpaired) electrons. The molecule has 104 valence electrons. The highest BCUT2D eigenvalue weighted by atomic mass is 16.3. The number of amides is 1. The van der Waals surface area contributed by atoms with Crippen molar-refractivity contribution in [3.8, 4) is 11.5 Å². The lowest BCUT2D eigenvalue weighted by molar-refractivity contribution is 0.0525. The topological polar surface area (TPSA) is 64.0 Å². The first kappa shape index (κ1) is 13.7. The van der Waals surface area contributed by atoms with Crippen LogP contribution in [0.25, 0.3) is 0 Å². The van der Waals surface area contributed by atoms with Gasteiger partial charge in [0.25, 0.3) is 5.91 Å². The second-order valence-corrected chi connectivity index (χ2v) is 4.93. The Hall–Kier alpha value is -1.75. The average molecular weight is 264 g/mol. The standard InChI is InChI=1S/C14H20N2O3/c1-3-15-6-7-16(9-10(15)2)14(19)12-8-11(17)4-5-13(12)18/h4-5,8,10,17-18H,3,6-7,9H2,1-2H3. The molecule has 0 saturated carbocycles.